The molecule has 4 aliphatic carbocycles. The average Bonchev–Trinajstić information content (AvgIpc) is 2.61. The molecule has 0 saturated heterocycles. The molecular formula is C20H32N4O4. The fourth-order valence-corrected chi connectivity index (χ4v) is 5.60. The largest absolute Gasteiger partial charge is 0.356 e. The van der Waals surface area contributed by atoms with Crippen molar-refractivity contribution >= 4 is 23.6 Å². The number of carbonyl (C=O) groups excluding carboxylic acids is 4. The standard InChI is InChI=1S/C20H32N4O4/c1-12(2)22-17(26)18(27)24-23-16(25)4-3-5-21-19(28)20-9-13-6-14(10-20)8-15(7-13)11-20/h12-15H,3-11H2,1-2H3,(H,21,28)(H,22,26)(H,23,25)(H,24,27). The Morgan fingerprint density at radius 3 is 2.00 bits per heavy atom. The maximum atomic E-state index is 12.8. The molecule has 0 atom stereocenters. The Hall–Kier alpha value is -2.12. The first-order chi connectivity index (χ1) is 13.3. The van der Waals surface area contributed by atoms with Crippen LogP contribution in [0.1, 0.15) is 65.2 Å². The van der Waals surface area contributed by atoms with E-state index < -0.39 is 17.7 Å². The molecule has 4 bridgehead atoms. The van der Waals surface area contributed by atoms with Crippen molar-refractivity contribution in [2.45, 2.75) is 71.3 Å². The summed E-state index contributed by atoms with van der Waals surface area (Å²) in [5.74, 6) is 0.230. The van der Waals surface area contributed by atoms with Gasteiger partial charge in [0.05, 0.1) is 0 Å². The molecule has 8 heteroatoms. The SMILES string of the molecule is CC(C)NC(=O)C(=O)NNC(=O)CCCNC(=O)C12CC3CC(CC(C3)C1)C2. The van der Waals surface area contributed by atoms with Crippen LogP contribution in [0, 0.1) is 23.2 Å². The summed E-state index contributed by atoms with van der Waals surface area (Å²) in [7, 11) is 0. The molecule has 0 aromatic rings. The van der Waals surface area contributed by atoms with Crippen molar-refractivity contribution < 1.29 is 19.2 Å². The second-order valence-electron chi connectivity index (χ2n) is 9.19. The predicted octanol–water partition coefficient (Wildman–Crippen LogP) is 0.771. The third-order valence-corrected chi connectivity index (χ3v) is 6.33. The number of carbonyl (C=O) groups is 4. The van der Waals surface area contributed by atoms with Gasteiger partial charge >= 0.3 is 11.8 Å². The number of hydrogen-bond donors (Lipinski definition) is 4. The molecule has 8 nitrogen and oxygen atoms in total. The van der Waals surface area contributed by atoms with Gasteiger partial charge in [0, 0.05) is 24.4 Å². The second kappa shape index (κ2) is 8.49. The number of rotatable bonds is 6. The van der Waals surface area contributed by atoms with E-state index in [-0.39, 0.29) is 23.8 Å². The van der Waals surface area contributed by atoms with Crippen LogP contribution in [0.4, 0.5) is 0 Å². The number of hydrazine groups is 1. The molecule has 0 aliphatic heterocycles. The zero-order chi connectivity index (χ0) is 20.3. The van der Waals surface area contributed by atoms with Crippen molar-refractivity contribution in [3.8, 4) is 0 Å². The Bertz CT molecular complexity index is 611. The first-order valence-corrected chi connectivity index (χ1v) is 10.5. The van der Waals surface area contributed by atoms with E-state index >= 15 is 0 Å². The van der Waals surface area contributed by atoms with E-state index in [4.69, 9.17) is 0 Å². The van der Waals surface area contributed by atoms with E-state index in [0.29, 0.717) is 13.0 Å². The lowest BCUT2D eigenvalue weighted by molar-refractivity contribution is -0.146. The van der Waals surface area contributed by atoms with Crippen LogP contribution in [-0.2, 0) is 19.2 Å². The third kappa shape index (κ3) is 4.83. The third-order valence-electron chi connectivity index (χ3n) is 6.33. The minimum absolute atomic E-state index is 0.158. The maximum absolute atomic E-state index is 12.8. The number of hydrogen-bond acceptors (Lipinski definition) is 4. The van der Waals surface area contributed by atoms with Crippen molar-refractivity contribution in [1.29, 1.82) is 0 Å². The predicted molar refractivity (Wildman–Crippen MR) is 102 cm³/mol. The van der Waals surface area contributed by atoms with Crippen LogP contribution in [0.5, 0.6) is 0 Å². The van der Waals surface area contributed by atoms with Crippen LogP contribution in [0.2, 0.25) is 0 Å². The van der Waals surface area contributed by atoms with Gasteiger partial charge in [0.25, 0.3) is 0 Å². The van der Waals surface area contributed by atoms with Crippen molar-refractivity contribution in [2.24, 2.45) is 23.2 Å². The number of nitrogens with one attached hydrogen (secondary N) is 4. The molecule has 0 unspecified atom stereocenters. The molecule has 0 aromatic carbocycles. The normalized spacial score (nSPS) is 30.0. The van der Waals surface area contributed by atoms with Gasteiger partial charge in [0.15, 0.2) is 0 Å². The molecule has 0 spiro atoms. The lowest BCUT2D eigenvalue weighted by Gasteiger charge is -2.55. The van der Waals surface area contributed by atoms with Gasteiger partial charge in [-0.05, 0) is 76.5 Å². The molecule has 4 rings (SSSR count). The number of amides is 4. The van der Waals surface area contributed by atoms with Crippen molar-refractivity contribution in [3.05, 3.63) is 0 Å². The Labute approximate surface area is 165 Å². The summed E-state index contributed by atoms with van der Waals surface area (Å²) < 4.78 is 0. The van der Waals surface area contributed by atoms with Gasteiger partial charge in [-0.1, -0.05) is 0 Å². The molecule has 4 N–H and O–H groups in total. The molecule has 4 aliphatic rings. The Balaban J connectivity index is 1.32. The Morgan fingerprint density at radius 1 is 0.893 bits per heavy atom. The van der Waals surface area contributed by atoms with Gasteiger partial charge in [-0.15, -0.1) is 0 Å². The van der Waals surface area contributed by atoms with E-state index in [1.807, 2.05) is 0 Å². The molecule has 0 aromatic heterocycles. The van der Waals surface area contributed by atoms with E-state index in [1.54, 1.807) is 13.8 Å². The summed E-state index contributed by atoms with van der Waals surface area (Å²) in [5.41, 5.74) is 4.14. The van der Waals surface area contributed by atoms with Gasteiger partial charge in [-0.2, -0.15) is 0 Å². The van der Waals surface area contributed by atoms with Crippen molar-refractivity contribution in [3.63, 3.8) is 0 Å². The lowest BCUT2D eigenvalue weighted by Crippen LogP contribution is -2.53. The minimum atomic E-state index is -0.905. The molecule has 0 heterocycles. The van der Waals surface area contributed by atoms with Crippen LogP contribution < -0.4 is 21.5 Å². The highest BCUT2D eigenvalue weighted by Crippen LogP contribution is 2.60. The summed E-state index contributed by atoms with van der Waals surface area (Å²) in [5, 5.41) is 5.46. The Morgan fingerprint density at radius 2 is 1.46 bits per heavy atom. The summed E-state index contributed by atoms with van der Waals surface area (Å²) in [6.07, 6.45) is 7.61. The summed E-state index contributed by atoms with van der Waals surface area (Å²) in [6, 6.07) is -0.161. The van der Waals surface area contributed by atoms with Gasteiger partial charge in [0.2, 0.25) is 11.8 Å². The molecule has 0 radical (unpaired) electrons. The highest BCUT2D eigenvalue weighted by molar-refractivity contribution is 6.35. The van der Waals surface area contributed by atoms with Gasteiger partial charge in [-0.3, -0.25) is 30.0 Å². The first-order valence-electron chi connectivity index (χ1n) is 10.5. The zero-order valence-corrected chi connectivity index (χ0v) is 16.8. The smallest absolute Gasteiger partial charge is 0.327 e. The molecule has 28 heavy (non-hydrogen) atoms. The summed E-state index contributed by atoms with van der Waals surface area (Å²) in [4.78, 5) is 47.5. The topological polar surface area (TPSA) is 116 Å². The molecule has 4 amide bonds. The van der Waals surface area contributed by atoms with E-state index in [0.717, 1.165) is 37.0 Å². The van der Waals surface area contributed by atoms with Crippen LogP contribution in [0.25, 0.3) is 0 Å². The summed E-state index contributed by atoms with van der Waals surface area (Å²) in [6.45, 7) is 3.92. The van der Waals surface area contributed by atoms with Gasteiger partial charge < -0.3 is 10.6 Å². The molecule has 156 valence electrons. The maximum Gasteiger partial charge on any atom is 0.327 e. The highest BCUT2D eigenvalue weighted by Gasteiger charge is 2.54. The van der Waals surface area contributed by atoms with Gasteiger partial charge in [-0.25, -0.2) is 0 Å². The van der Waals surface area contributed by atoms with Crippen molar-refractivity contribution in [2.75, 3.05) is 6.54 Å². The Kier molecular flexibility index (Phi) is 6.25. The zero-order valence-electron chi connectivity index (χ0n) is 16.8. The molecular weight excluding hydrogens is 360 g/mol. The second-order valence-corrected chi connectivity index (χ2v) is 9.19. The lowest BCUT2D eigenvalue weighted by atomic mass is 9.49. The van der Waals surface area contributed by atoms with E-state index in [9.17, 15) is 19.2 Å². The molecule has 4 saturated carbocycles. The molecule has 4 fully saturated rings. The van der Waals surface area contributed by atoms with Crippen LogP contribution in [0.3, 0.4) is 0 Å². The first kappa shape index (κ1) is 20.6. The van der Waals surface area contributed by atoms with Crippen LogP contribution >= 0.6 is 0 Å². The fourth-order valence-electron chi connectivity index (χ4n) is 5.60. The highest BCUT2D eigenvalue weighted by atomic mass is 16.2. The average molecular weight is 393 g/mol. The van der Waals surface area contributed by atoms with Crippen molar-refractivity contribution in [1.82, 2.24) is 21.5 Å². The van der Waals surface area contributed by atoms with E-state index in [1.165, 1.54) is 19.3 Å². The monoisotopic (exact) mass is 392 g/mol. The van der Waals surface area contributed by atoms with Crippen LogP contribution in [-0.4, -0.2) is 36.2 Å². The summed E-state index contributed by atoms with van der Waals surface area (Å²) >= 11 is 0. The van der Waals surface area contributed by atoms with E-state index in [2.05, 4.69) is 21.5 Å². The van der Waals surface area contributed by atoms with Crippen LogP contribution in [0.15, 0.2) is 0 Å². The minimum Gasteiger partial charge on any atom is -0.356 e. The van der Waals surface area contributed by atoms with Gasteiger partial charge in [0.1, 0.15) is 0 Å². The fraction of sp³-hybridized carbons (Fsp3) is 0.800. The quantitative estimate of drug-likeness (QED) is 0.303.